The Hall–Kier alpha value is -1.71. The molecule has 0 saturated carbocycles. The van der Waals surface area contributed by atoms with Crippen LogP contribution in [0.15, 0.2) is 33.6 Å². The van der Waals surface area contributed by atoms with Crippen LogP contribution in [0.3, 0.4) is 0 Å². The number of methoxy groups -OCH3 is 1. The fourth-order valence-corrected chi connectivity index (χ4v) is 5.26. The van der Waals surface area contributed by atoms with Crippen molar-refractivity contribution in [3.05, 3.63) is 40.3 Å². The standard InChI is InChI=1S/C19H25BrN4O3S/c1-13(2)19-21-14(3)11-18(22-19)23-7-9-24(10-8-23)28(25,26)17-12-15(20)5-6-16(17)27-4/h5-6,11-13H,7-10H2,1-4H3. The Morgan fingerprint density at radius 3 is 2.39 bits per heavy atom. The van der Waals surface area contributed by atoms with E-state index in [1.54, 1.807) is 18.2 Å². The quantitative estimate of drug-likeness (QED) is 0.670. The van der Waals surface area contributed by atoms with Gasteiger partial charge in [0.05, 0.1) is 7.11 Å². The molecule has 1 aromatic heterocycles. The maximum Gasteiger partial charge on any atom is 0.246 e. The molecule has 0 spiro atoms. The molecule has 0 aliphatic carbocycles. The first-order chi connectivity index (χ1) is 13.2. The number of aryl methyl sites for hydroxylation is 1. The fraction of sp³-hybridized carbons (Fsp3) is 0.474. The number of ether oxygens (including phenoxy) is 1. The van der Waals surface area contributed by atoms with Gasteiger partial charge in [-0.3, -0.25) is 0 Å². The van der Waals surface area contributed by atoms with E-state index in [0.29, 0.717) is 36.4 Å². The lowest BCUT2D eigenvalue weighted by Gasteiger charge is -2.35. The zero-order valence-electron chi connectivity index (χ0n) is 16.5. The number of nitrogens with zero attached hydrogens (tertiary/aromatic N) is 4. The van der Waals surface area contributed by atoms with Crippen molar-refractivity contribution in [1.29, 1.82) is 0 Å². The molecule has 1 fully saturated rings. The van der Waals surface area contributed by atoms with Crippen LogP contribution in [-0.4, -0.2) is 56.0 Å². The smallest absolute Gasteiger partial charge is 0.246 e. The van der Waals surface area contributed by atoms with Crippen molar-refractivity contribution in [2.45, 2.75) is 31.6 Å². The van der Waals surface area contributed by atoms with E-state index in [4.69, 9.17) is 4.74 Å². The number of anilines is 1. The third kappa shape index (κ3) is 4.31. The molecule has 0 bridgehead atoms. The summed E-state index contributed by atoms with van der Waals surface area (Å²) in [5, 5.41) is 0. The van der Waals surface area contributed by atoms with E-state index in [-0.39, 0.29) is 10.8 Å². The molecule has 1 saturated heterocycles. The molecule has 1 aromatic carbocycles. The summed E-state index contributed by atoms with van der Waals surface area (Å²) in [5.41, 5.74) is 0.919. The summed E-state index contributed by atoms with van der Waals surface area (Å²) in [5.74, 6) is 2.25. The Morgan fingerprint density at radius 2 is 1.79 bits per heavy atom. The van der Waals surface area contributed by atoms with E-state index in [1.807, 2.05) is 13.0 Å². The van der Waals surface area contributed by atoms with Crippen LogP contribution in [0.25, 0.3) is 0 Å². The summed E-state index contributed by atoms with van der Waals surface area (Å²) >= 11 is 3.35. The van der Waals surface area contributed by atoms with Gasteiger partial charge >= 0.3 is 0 Å². The summed E-state index contributed by atoms with van der Waals surface area (Å²) in [6.07, 6.45) is 0. The molecule has 3 rings (SSSR count). The van der Waals surface area contributed by atoms with Crippen LogP contribution in [0.1, 0.15) is 31.3 Å². The highest BCUT2D eigenvalue weighted by atomic mass is 79.9. The molecule has 152 valence electrons. The molecular formula is C19H25BrN4O3S. The number of rotatable bonds is 5. The van der Waals surface area contributed by atoms with Gasteiger partial charge in [-0.1, -0.05) is 29.8 Å². The van der Waals surface area contributed by atoms with Crippen molar-refractivity contribution in [3.8, 4) is 5.75 Å². The number of hydrogen-bond donors (Lipinski definition) is 0. The van der Waals surface area contributed by atoms with Crippen molar-refractivity contribution in [3.63, 3.8) is 0 Å². The molecule has 0 N–H and O–H groups in total. The van der Waals surface area contributed by atoms with E-state index in [1.165, 1.54) is 11.4 Å². The first-order valence-corrected chi connectivity index (χ1v) is 11.4. The molecule has 1 aliphatic rings. The Balaban J connectivity index is 1.80. The Bertz CT molecular complexity index is 958. The fourth-order valence-electron chi connectivity index (χ4n) is 3.14. The predicted molar refractivity (Wildman–Crippen MR) is 113 cm³/mol. The van der Waals surface area contributed by atoms with Gasteiger partial charge in [0.2, 0.25) is 10.0 Å². The van der Waals surface area contributed by atoms with Crippen molar-refractivity contribution < 1.29 is 13.2 Å². The highest BCUT2D eigenvalue weighted by Gasteiger charge is 2.31. The van der Waals surface area contributed by atoms with Gasteiger partial charge < -0.3 is 9.64 Å². The predicted octanol–water partition coefficient (Wildman–Crippen LogP) is 3.19. The van der Waals surface area contributed by atoms with Gasteiger partial charge in [-0.15, -0.1) is 0 Å². The van der Waals surface area contributed by atoms with Crippen LogP contribution in [-0.2, 0) is 10.0 Å². The molecule has 0 radical (unpaired) electrons. The van der Waals surface area contributed by atoms with Crippen LogP contribution >= 0.6 is 15.9 Å². The van der Waals surface area contributed by atoms with Gasteiger partial charge in [-0.25, -0.2) is 18.4 Å². The third-order valence-corrected chi connectivity index (χ3v) is 7.09. The van der Waals surface area contributed by atoms with Crippen LogP contribution < -0.4 is 9.64 Å². The van der Waals surface area contributed by atoms with Gasteiger partial charge in [-0.2, -0.15) is 4.31 Å². The molecule has 0 amide bonds. The topological polar surface area (TPSA) is 75.6 Å². The largest absolute Gasteiger partial charge is 0.495 e. The molecule has 28 heavy (non-hydrogen) atoms. The molecule has 0 unspecified atom stereocenters. The van der Waals surface area contributed by atoms with Gasteiger partial charge in [0, 0.05) is 48.3 Å². The first kappa shape index (κ1) is 21.0. The lowest BCUT2D eigenvalue weighted by Crippen LogP contribution is -2.49. The van der Waals surface area contributed by atoms with Crippen LogP contribution in [0.4, 0.5) is 5.82 Å². The summed E-state index contributed by atoms with van der Waals surface area (Å²) in [7, 11) is -2.17. The highest BCUT2D eigenvalue weighted by molar-refractivity contribution is 9.10. The van der Waals surface area contributed by atoms with Crippen molar-refractivity contribution in [1.82, 2.24) is 14.3 Å². The van der Waals surface area contributed by atoms with Crippen LogP contribution in [0, 0.1) is 6.92 Å². The number of benzene rings is 1. The molecule has 7 nitrogen and oxygen atoms in total. The van der Waals surface area contributed by atoms with E-state index >= 15 is 0 Å². The summed E-state index contributed by atoms with van der Waals surface area (Å²) in [6, 6.07) is 6.96. The van der Waals surface area contributed by atoms with Gasteiger partial charge in [0.25, 0.3) is 0 Å². The van der Waals surface area contributed by atoms with E-state index in [2.05, 4.69) is 44.6 Å². The summed E-state index contributed by atoms with van der Waals surface area (Å²) < 4.78 is 33.7. The third-order valence-electron chi connectivity index (χ3n) is 4.68. The minimum Gasteiger partial charge on any atom is -0.495 e. The monoisotopic (exact) mass is 468 g/mol. The number of sulfonamides is 1. The highest BCUT2D eigenvalue weighted by Crippen LogP contribution is 2.30. The second-order valence-corrected chi connectivity index (χ2v) is 9.89. The van der Waals surface area contributed by atoms with E-state index in [0.717, 1.165) is 17.3 Å². The zero-order valence-corrected chi connectivity index (χ0v) is 18.9. The summed E-state index contributed by atoms with van der Waals surface area (Å²) in [6.45, 7) is 8.00. The molecule has 1 aliphatic heterocycles. The number of piperazine rings is 1. The minimum absolute atomic E-state index is 0.179. The van der Waals surface area contributed by atoms with Gasteiger partial charge in [0.15, 0.2) is 0 Å². The lowest BCUT2D eigenvalue weighted by molar-refractivity contribution is 0.373. The average Bonchev–Trinajstić information content (AvgIpc) is 2.67. The maximum absolute atomic E-state index is 13.1. The Labute approximate surface area is 174 Å². The zero-order chi connectivity index (χ0) is 20.5. The number of halogens is 1. The summed E-state index contributed by atoms with van der Waals surface area (Å²) in [4.78, 5) is 11.4. The van der Waals surface area contributed by atoms with Crippen LogP contribution in [0.2, 0.25) is 0 Å². The SMILES string of the molecule is COc1ccc(Br)cc1S(=O)(=O)N1CCN(c2cc(C)nc(C(C)C)n2)CC1. The van der Waals surface area contributed by atoms with Crippen molar-refractivity contribution in [2.75, 3.05) is 38.2 Å². The Morgan fingerprint density at radius 1 is 1.11 bits per heavy atom. The molecule has 0 atom stereocenters. The molecule has 9 heteroatoms. The minimum atomic E-state index is -3.64. The van der Waals surface area contributed by atoms with E-state index < -0.39 is 10.0 Å². The van der Waals surface area contributed by atoms with Crippen molar-refractivity contribution in [2.24, 2.45) is 0 Å². The number of hydrogen-bond acceptors (Lipinski definition) is 6. The van der Waals surface area contributed by atoms with Gasteiger partial charge in [-0.05, 0) is 25.1 Å². The Kier molecular flexibility index (Phi) is 6.26. The molecule has 2 heterocycles. The van der Waals surface area contributed by atoms with E-state index in [9.17, 15) is 8.42 Å². The molecule has 2 aromatic rings. The lowest BCUT2D eigenvalue weighted by atomic mass is 10.2. The normalized spacial score (nSPS) is 15.9. The number of aromatic nitrogens is 2. The average molecular weight is 469 g/mol. The second-order valence-electron chi connectivity index (χ2n) is 7.07. The van der Waals surface area contributed by atoms with Crippen molar-refractivity contribution >= 4 is 31.8 Å². The van der Waals surface area contributed by atoms with Crippen LogP contribution in [0.5, 0.6) is 5.75 Å². The maximum atomic E-state index is 13.1. The second kappa shape index (κ2) is 8.34. The van der Waals surface area contributed by atoms with Gasteiger partial charge in [0.1, 0.15) is 22.3 Å². The molecular weight excluding hydrogens is 444 g/mol. The first-order valence-electron chi connectivity index (χ1n) is 9.16.